The average molecular weight is 649 g/mol. The number of imidazole rings is 1. The molecular weight excluding hydrogens is 621 g/mol. The number of rotatable bonds is 2. The first-order valence-corrected chi connectivity index (χ1v) is 17.5. The summed E-state index contributed by atoms with van der Waals surface area (Å²) in [5.74, 6) is 0. The number of pyridine rings is 1. The monoisotopic (exact) mass is 648 g/mol. The van der Waals surface area contributed by atoms with Crippen molar-refractivity contribution in [3.8, 4) is 11.4 Å². The predicted molar refractivity (Wildman–Crippen MR) is 214 cm³/mol. The van der Waals surface area contributed by atoms with E-state index in [0.717, 1.165) is 39.0 Å². The van der Waals surface area contributed by atoms with Crippen molar-refractivity contribution in [1.29, 1.82) is 0 Å². The van der Waals surface area contributed by atoms with E-state index < -0.39 is 0 Å². The van der Waals surface area contributed by atoms with Gasteiger partial charge in [-0.1, -0.05) is 115 Å². The highest BCUT2D eigenvalue weighted by Gasteiger charge is 2.22. The molecule has 0 saturated heterocycles. The normalized spacial score (nSPS) is 12.3. The van der Waals surface area contributed by atoms with E-state index in [2.05, 4.69) is 183 Å². The van der Waals surface area contributed by atoms with Crippen LogP contribution in [0.2, 0.25) is 0 Å². The van der Waals surface area contributed by atoms with Gasteiger partial charge < -0.3 is 9.13 Å². The molecule has 0 fully saturated rings. The van der Waals surface area contributed by atoms with E-state index >= 15 is 0 Å². The Labute approximate surface area is 291 Å². The molecule has 0 bridgehead atoms. The van der Waals surface area contributed by atoms with Crippen LogP contribution >= 0.6 is 0 Å². The van der Waals surface area contributed by atoms with Crippen LogP contribution < -0.4 is 0 Å². The molecule has 0 unspecified atom stereocenters. The molecule has 4 heteroatoms. The fourth-order valence-corrected chi connectivity index (χ4v) is 8.87. The van der Waals surface area contributed by atoms with E-state index in [1.54, 1.807) is 0 Å². The molecule has 0 N–H and O–H groups in total. The van der Waals surface area contributed by atoms with E-state index in [-0.39, 0.29) is 0 Å². The van der Waals surface area contributed by atoms with Gasteiger partial charge >= 0.3 is 0 Å². The minimum atomic E-state index is 0.982. The number of para-hydroxylation sites is 5. The summed E-state index contributed by atoms with van der Waals surface area (Å²) >= 11 is 0. The summed E-state index contributed by atoms with van der Waals surface area (Å²) in [7, 11) is 0. The van der Waals surface area contributed by atoms with Gasteiger partial charge in [-0.05, 0) is 65.4 Å². The van der Waals surface area contributed by atoms with Crippen LogP contribution in [0.4, 0.5) is 0 Å². The van der Waals surface area contributed by atoms with Crippen LogP contribution in [0.3, 0.4) is 0 Å². The summed E-state index contributed by atoms with van der Waals surface area (Å²) in [5, 5.41) is 11.1. The van der Waals surface area contributed by atoms with Gasteiger partial charge in [0.2, 0.25) is 0 Å². The Morgan fingerprint density at radius 2 is 0.922 bits per heavy atom. The molecule has 51 heavy (non-hydrogen) atoms. The van der Waals surface area contributed by atoms with Crippen LogP contribution in [0, 0.1) is 0 Å². The largest absolute Gasteiger partial charge is 0.307 e. The highest BCUT2D eigenvalue weighted by molar-refractivity contribution is 6.26. The van der Waals surface area contributed by atoms with Crippen LogP contribution in [0.1, 0.15) is 0 Å². The first-order chi connectivity index (χ1) is 25.3. The average Bonchev–Trinajstić information content (AvgIpc) is 3.86. The van der Waals surface area contributed by atoms with Gasteiger partial charge in [-0.3, -0.25) is 4.40 Å². The molecule has 0 spiro atoms. The second-order valence-corrected chi connectivity index (χ2v) is 13.6. The minimum absolute atomic E-state index is 0.982. The second kappa shape index (κ2) is 9.84. The summed E-state index contributed by atoms with van der Waals surface area (Å²) in [6.45, 7) is 0. The smallest absolute Gasteiger partial charge is 0.146 e. The Kier molecular flexibility index (Phi) is 5.20. The molecule has 4 nitrogen and oxygen atoms in total. The SMILES string of the molecule is c1ccc(-n2c3ccccc3c3ccc4c5ccccc5n(-c5ccc6c7c8ccccc8ccc7c7nc8ccccc8n7c6c5)c4c32)cc1. The maximum Gasteiger partial charge on any atom is 0.146 e. The number of hydrogen-bond acceptors (Lipinski definition) is 1. The van der Waals surface area contributed by atoms with Crippen LogP contribution in [0.5, 0.6) is 0 Å². The van der Waals surface area contributed by atoms with Gasteiger partial charge in [-0.15, -0.1) is 0 Å². The molecule has 4 heterocycles. The van der Waals surface area contributed by atoms with Gasteiger partial charge in [0.1, 0.15) is 5.65 Å². The Morgan fingerprint density at radius 3 is 1.67 bits per heavy atom. The van der Waals surface area contributed by atoms with E-state index in [4.69, 9.17) is 4.98 Å². The summed E-state index contributed by atoms with van der Waals surface area (Å²) in [4.78, 5) is 5.26. The molecular formula is C47H28N4. The lowest BCUT2D eigenvalue weighted by molar-refractivity contribution is 1.15. The van der Waals surface area contributed by atoms with Crippen molar-refractivity contribution in [2.24, 2.45) is 0 Å². The fourth-order valence-electron chi connectivity index (χ4n) is 8.87. The third-order valence-corrected chi connectivity index (χ3v) is 11.0. The van der Waals surface area contributed by atoms with Crippen LogP contribution in [-0.2, 0) is 0 Å². The zero-order chi connectivity index (χ0) is 33.2. The third-order valence-electron chi connectivity index (χ3n) is 11.0. The summed E-state index contributed by atoms with van der Waals surface area (Å²) in [5.41, 5.74) is 11.3. The van der Waals surface area contributed by atoms with Crippen LogP contribution in [-0.4, -0.2) is 18.5 Å². The van der Waals surface area contributed by atoms with Gasteiger partial charge in [0.05, 0.1) is 38.6 Å². The topological polar surface area (TPSA) is 27.2 Å². The molecule has 12 aromatic rings. The van der Waals surface area contributed by atoms with Gasteiger partial charge in [0.15, 0.2) is 0 Å². The zero-order valence-electron chi connectivity index (χ0n) is 27.5. The maximum absolute atomic E-state index is 5.26. The highest BCUT2D eigenvalue weighted by atomic mass is 15.1. The van der Waals surface area contributed by atoms with Gasteiger partial charge in [-0.2, -0.15) is 0 Å². The molecule has 236 valence electrons. The van der Waals surface area contributed by atoms with Crippen molar-refractivity contribution in [3.05, 3.63) is 170 Å². The van der Waals surface area contributed by atoms with E-state index in [1.165, 1.54) is 65.2 Å². The molecule has 8 aromatic carbocycles. The molecule has 0 aliphatic heterocycles. The molecule has 4 aromatic heterocycles. The minimum Gasteiger partial charge on any atom is -0.307 e. The maximum atomic E-state index is 5.26. The Morgan fingerprint density at radius 1 is 0.353 bits per heavy atom. The summed E-state index contributed by atoms with van der Waals surface area (Å²) in [6, 6.07) is 61.8. The second-order valence-electron chi connectivity index (χ2n) is 13.6. The lowest BCUT2D eigenvalue weighted by atomic mass is 9.98. The molecule has 0 aliphatic rings. The van der Waals surface area contributed by atoms with Crippen molar-refractivity contribution in [1.82, 2.24) is 18.5 Å². The van der Waals surface area contributed by atoms with Crippen LogP contribution in [0.15, 0.2) is 170 Å². The number of aromatic nitrogens is 4. The van der Waals surface area contributed by atoms with E-state index in [9.17, 15) is 0 Å². The quantitative estimate of drug-likeness (QED) is 0.171. The summed E-state index contributed by atoms with van der Waals surface area (Å²) in [6.07, 6.45) is 0. The van der Waals surface area contributed by atoms with Crippen molar-refractivity contribution >= 4 is 92.7 Å². The fraction of sp³-hybridized carbons (Fsp3) is 0. The van der Waals surface area contributed by atoms with Gasteiger partial charge in [0.25, 0.3) is 0 Å². The molecule has 0 radical (unpaired) electrons. The highest BCUT2D eigenvalue weighted by Crippen LogP contribution is 2.43. The van der Waals surface area contributed by atoms with Crippen molar-refractivity contribution in [2.45, 2.75) is 0 Å². The summed E-state index contributed by atoms with van der Waals surface area (Å²) < 4.78 is 7.31. The predicted octanol–water partition coefficient (Wildman–Crippen LogP) is 12.1. The molecule has 12 rings (SSSR count). The lowest BCUT2D eigenvalue weighted by Crippen LogP contribution is -2.00. The lowest BCUT2D eigenvalue weighted by Gasteiger charge is -2.15. The number of benzene rings is 8. The van der Waals surface area contributed by atoms with E-state index in [1.807, 2.05) is 0 Å². The van der Waals surface area contributed by atoms with Crippen molar-refractivity contribution in [3.63, 3.8) is 0 Å². The van der Waals surface area contributed by atoms with E-state index in [0.29, 0.717) is 0 Å². The van der Waals surface area contributed by atoms with Gasteiger partial charge in [-0.25, -0.2) is 4.98 Å². The Bertz CT molecular complexity index is 3420. The Hall–Kier alpha value is -6.91. The molecule has 0 aliphatic carbocycles. The van der Waals surface area contributed by atoms with Gasteiger partial charge in [0, 0.05) is 49.1 Å². The Balaban J connectivity index is 1.30. The van der Waals surface area contributed by atoms with Crippen molar-refractivity contribution < 1.29 is 0 Å². The molecule has 0 saturated carbocycles. The number of nitrogens with zero attached hydrogens (tertiary/aromatic N) is 4. The van der Waals surface area contributed by atoms with Crippen LogP contribution in [0.25, 0.3) is 104 Å². The molecule has 0 amide bonds. The molecule has 0 atom stereocenters. The number of fused-ring (bicyclic) bond motifs is 17. The third kappa shape index (κ3) is 3.50. The standard InChI is InChI=1S/C47H28N4/c1-2-13-30(14-3-1)49-40-19-9-6-16-33(40)35-26-27-36-34-17-7-10-20-41(34)50(46(36)45(35)49)31-23-25-37-43(28-31)51-42-21-11-8-18-39(42)48-47(51)38-24-22-29-12-4-5-15-32(29)44(37)38/h1-28H. The first-order valence-electron chi connectivity index (χ1n) is 17.5. The zero-order valence-corrected chi connectivity index (χ0v) is 27.5. The first kappa shape index (κ1) is 27.0. The number of hydrogen-bond donors (Lipinski definition) is 0. The van der Waals surface area contributed by atoms with Crippen molar-refractivity contribution in [2.75, 3.05) is 0 Å².